The Kier molecular flexibility index (Phi) is 3.61. The molecule has 0 unspecified atom stereocenters. The van der Waals surface area contributed by atoms with Crippen LogP contribution in [0.3, 0.4) is 0 Å². The molecule has 0 aliphatic rings. The van der Waals surface area contributed by atoms with Gasteiger partial charge >= 0.3 is 0 Å². The SMILES string of the molecule is Nc1nc2ccccc2n1CCOc1ccc([N+](=O)[O-])cc1. The van der Waals surface area contributed by atoms with E-state index < -0.39 is 4.92 Å². The lowest BCUT2D eigenvalue weighted by molar-refractivity contribution is -0.384. The van der Waals surface area contributed by atoms with E-state index in [1.165, 1.54) is 12.1 Å². The van der Waals surface area contributed by atoms with Crippen molar-refractivity contribution >= 4 is 22.7 Å². The topological polar surface area (TPSA) is 96.2 Å². The number of rotatable bonds is 5. The molecule has 1 aromatic heterocycles. The molecule has 0 saturated carbocycles. The molecule has 112 valence electrons. The number of nitrogens with two attached hydrogens (primary N) is 1. The normalized spacial score (nSPS) is 10.7. The van der Waals surface area contributed by atoms with Crippen molar-refractivity contribution < 1.29 is 9.66 Å². The van der Waals surface area contributed by atoms with Crippen LogP contribution in [0.15, 0.2) is 48.5 Å². The van der Waals surface area contributed by atoms with Gasteiger partial charge in [0.05, 0.1) is 22.5 Å². The molecule has 0 amide bonds. The van der Waals surface area contributed by atoms with Gasteiger partial charge in [0.1, 0.15) is 12.4 Å². The van der Waals surface area contributed by atoms with E-state index >= 15 is 0 Å². The average Bonchev–Trinajstić information content (AvgIpc) is 2.84. The van der Waals surface area contributed by atoms with Crippen LogP contribution in [0, 0.1) is 10.1 Å². The van der Waals surface area contributed by atoms with Crippen LogP contribution < -0.4 is 10.5 Å². The molecule has 0 spiro atoms. The number of aromatic nitrogens is 2. The van der Waals surface area contributed by atoms with Crippen LogP contribution >= 0.6 is 0 Å². The highest BCUT2D eigenvalue weighted by atomic mass is 16.6. The fourth-order valence-electron chi connectivity index (χ4n) is 2.25. The number of nitrogen functional groups attached to an aromatic ring is 1. The molecule has 0 saturated heterocycles. The first kappa shape index (κ1) is 13.9. The van der Waals surface area contributed by atoms with E-state index in [1.807, 2.05) is 28.8 Å². The molecule has 7 heteroatoms. The second kappa shape index (κ2) is 5.72. The number of anilines is 1. The van der Waals surface area contributed by atoms with Gasteiger partial charge in [-0.2, -0.15) is 0 Å². The molecule has 2 N–H and O–H groups in total. The molecular formula is C15H14N4O3. The van der Waals surface area contributed by atoms with Crippen molar-refractivity contribution in [1.82, 2.24) is 9.55 Å². The third kappa shape index (κ3) is 2.69. The quantitative estimate of drug-likeness (QED) is 0.577. The maximum absolute atomic E-state index is 10.6. The molecule has 1 heterocycles. The molecule has 0 bridgehead atoms. The van der Waals surface area contributed by atoms with Crippen LogP contribution in [-0.2, 0) is 6.54 Å². The van der Waals surface area contributed by atoms with E-state index in [2.05, 4.69) is 4.98 Å². The summed E-state index contributed by atoms with van der Waals surface area (Å²) in [4.78, 5) is 14.4. The number of imidazole rings is 1. The molecule has 0 aliphatic heterocycles. The van der Waals surface area contributed by atoms with Gasteiger partial charge in [0.15, 0.2) is 0 Å². The fourth-order valence-corrected chi connectivity index (χ4v) is 2.25. The van der Waals surface area contributed by atoms with Gasteiger partial charge in [-0.05, 0) is 24.3 Å². The van der Waals surface area contributed by atoms with Gasteiger partial charge in [-0.25, -0.2) is 4.98 Å². The Morgan fingerprint density at radius 3 is 2.64 bits per heavy atom. The number of nitrogens with zero attached hydrogens (tertiary/aromatic N) is 3. The lowest BCUT2D eigenvalue weighted by Crippen LogP contribution is -2.10. The summed E-state index contributed by atoms with van der Waals surface area (Å²) in [5, 5.41) is 10.6. The molecular weight excluding hydrogens is 284 g/mol. The lowest BCUT2D eigenvalue weighted by atomic mass is 10.3. The van der Waals surface area contributed by atoms with E-state index in [9.17, 15) is 10.1 Å². The number of hydrogen-bond acceptors (Lipinski definition) is 5. The monoisotopic (exact) mass is 298 g/mol. The molecule has 0 radical (unpaired) electrons. The highest BCUT2D eigenvalue weighted by Crippen LogP contribution is 2.19. The highest BCUT2D eigenvalue weighted by Gasteiger charge is 2.08. The van der Waals surface area contributed by atoms with Gasteiger partial charge in [0, 0.05) is 12.1 Å². The first-order valence-corrected chi connectivity index (χ1v) is 6.73. The van der Waals surface area contributed by atoms with Crippen molar-refractivity contribution in [2.24, 2.45) is 0 Å². The van der Waals surface area contributed by atoms with E-state index in [1.54, 1.807) is 12.1 Å². The van der Waals surface area contributed by atoms with Gasteiger partial charge in [-0.3, -0.25) is 10.1 Å². The Bertz CT molecular complexity index is 811. The van der Waals surface area contributed by atoms with Crippen LogP contribution in [0.1, 0.15) is 0 Å². The number of hydrogen-bond donors (Lipinski definition) is 1. The molecule has 0 atom stereocenters. The Morgan fingerprint density at radius 2 is 1.91 bits per heavy atom. The second-order valence-corrected chi connectivity index (χ2v) is 4.71. The Hall–Kier alpha value is -3.09. The summed E-state index contributed by atoms with van der Waals surface area (Å²) >= 11 is 0. The minimum absolute atomic E-state index is 0.0391. The number of nitro groups is 1. The summed E-state index contributed by atoms with van der Waals surface area (Å²) in [6.45, 7) is 0.936. The maximum Gasteiger partial charge on any atom is 0.269 e. The van der Waals surface area contributed by atoms with Gasteiger partial charge in [0.25, 0.3) is 5.69 Å². The summed E-state index contributed by atoms with van der Waals surface area (Å²) in [6, 6.07) is 13.7. The summed E-state index contributed by atoms with van der Waals surface area (Å²) < 4.78 is 7.47. The van der Waals surface area contributed by atoms with Crippen molar-refractivity contribution in [2.75, 3.05) is 12.3 Å². The smallest absolute Gasteiger partial charge is 0.269 e. The van der Waals surface area contributed by atoms with Gasteiger partial charge in [-0.15, -0.1) is 0 Å². The minimum Gasteiger partial charge on any atom is -0.492 e. The average molecular weight is 298 g/mol. The predicted octanol–water partition coefficient (Wildman–Crippen LogP) is 2.61. The molecule has 2 aromatic carbocycles. The molecule has 3 aromatic rings. The maximum atomic E-state index is 10.6. The standard InChI is InChI=1S/C15H14N4O3/c16-15-17-13-3-1-2-4-14(13)18(15)9-10-22-12-7-5-11(6-8-12)19(20)21/h1-8H,9-10H2,(H2,16,17). The summed E-state index contributed by atoms with van der Waals surface area (Å²) in [6.07, 6.45) is 0. The Morgan fingerprint density at radius 1 is 1.18 bits per heavy atom. The van der Waals surface area contributed by atoms with Crippen molar-refractivity contribution in [3.05, 3.63) is 58.6 Å². The van der Waals surface area contributed by atoms with Crippen LogP contribution in [0.5, 0.6) is 5.75 Å². The zero-order chi connectivity index (χ0) is 15.5. The Labute approximate surface area is 126 Å². The van der Waals surface area contributed by atoms with Gasteiger partial charge in [0.2, 0.25) is 5.95 Å². The van der Waals surface area contributed by atoms with Gasteiger partial charge in [-0.1, -0.05) is 12.1 Å². The van der Waals surface area contributed by atoms with Crippen LogP contribution in [-0.4, -0.2) is 21.1 Å². The zero-order valence-corrected chi connectivity index (χ0v) is 11.7. The molecule has 7 nitrogen and oxygen atoms in total. The third-order valence-corrected chi connectivity index (χ3v) is 3.32. The summed E-state index contributed by atoms with van der Waals surface area (Å²) in [5.41, 5.74) is 7.74. The molecule has 0 aliphatic carbocycles. The number of benzene rings is 2. The zero-order valence-electron chi connectivity index (χ0n) is 11.7. The van der Waals surface area contributed by atoms with Gasteiger partial charge < -0.3 is 15.0 Å². The third-order valence-electron chi connectivity index (χ3n) is 3.32. The van der Waals surface area contributed by atoms with Crippen molar-refractivity contribution in [3.8, 4) is 5.75 Å². The van der Waals surface area contributed by atoms with Crippen molar-refractivity contribution in [3.63, 3.8) is 0 Å². The lowest BCUT2D eigenvalue weighted by Gasteiger charge is -2.08. The van der Waals surface area contributed by atoms with E-state index in [0.717, 1.165) is 11.0 Å². The number of fused-ring (bicyclic) bond motifs is 1. The van der Waals surface area contributed by atoms with Crippen LogP contribution in [0.4, 0.5) is 11.6 Å². The number of non-ortho nitro benzene ring substituents is 1. The summed E-state index contributed by atoms with van der Waals surface area (Å²) in [7, 11) is 0. The minimum atomic E-state index is -0.442. The number of ether oxygens (including phenoxy) is 1. The van der Waals surface area contributed by atoms with E-state index in [-0.39, 0.29) is 5.69 Å². The van der Waals surface area contributed by atoms with Crippen LogP contribution in [0.25, 0.3) is 11.0 Å². The largest absolute Gasteiger partial charge is 0.492 e. The highest BCUT2D eigenvalue weighted by molar-refractivity contribution is 5.78. The molecule has 3 rings (SSSR count). The first-order valence-electron chi connectivity index (χ1n) is 6.73. The predicted molar refractivity (Wildman–Crippen MR) is 82.7 cm³/mol. The molecule has 0 fully saturated rings. The van der Waals surface area contributed by atoms with E-state index in [0.29, 0.717) is 24.8 Å². The number of nitro benzene ring substituents is 1. The first-order chi connectivity index (χ1) is 10.6. The van der Waals surface area contributed by atoms with E-state index in [4.69, 9.17) is 10.5 Å². The van der Waals surface area contributed by atoms with Crippen molar-refractivity contribution in [1.29, 1.82) is 0 Å². The van der Waals surface area contributed by atoms with Crippen molar-refractivity contribution in [2.45, 2.75) is 6.54 Å². The molecule has 22 heavy (non-hydrogen) atoms. The second-order valence-electron chi connectivity index (χ2n) is 4.71. The summed E-state index contributed by atoms with van der Waals surface area (Å²) in [5.74, 6) is 1.02. The Balaban J connectivity index is 1.67. The fraction of sp³-hybridized carbons (Fsp3) is 0.133. The number of para-hydroxylation sites is 2. The van der Waals surface area contributed by atoms with Crippen LogP contribution in [0.2, 0.25) is 0 Å².